The molecule has 1 aliphatic carbocycles. The van der Waals surface area contributed by atoms with Crippen molar-refractivity contribution in [2.24, 2.45) is 0 Å². The first kappa shape index (κ1) is 14.2. The lowest BCUT2D eigenvalue weighted by atomic mass is 9.99. The zero-order valence-electron chi connectivity index (χ0n) is 11.9. The van der Waals surface area contributed by atoms with Crippen molar-refractivity contribution in [2.45, 2.75) is 12.8 Å². The number of hydrogen-bond acceptors (Lipinski definition) is 0. The minimum Gasteiger partial charge on any atom is -0.0622 e. The van der Waals surface area contributed by atoms with Crippen molar-refractivity contribution in [3.05, 3.63) is 91.9 Å². The second kappa shape index (κ2) is 5.68. The Labute approximate surface area is 147 Å². The maximum Gasteiger partial charge on any atom is 0.0361 e. The predicted molar refractivity (Wildman–Crippen MR) is 99.3 cm³/mol. The molecule has 0 amide bonds. The van der Waals surface area contributed by atoms with Gasteiger partial charge in [0.1, 0.15) is 0 Å². The first-order chi connectivity index (χ1) is 10.7. The standard InChI is InChI=1S/C20H14Br2/c21-19-15(10-13-6-2-1-3-7-13)12-17-16-9-5-4-8-14(16)11-18(17)20(19)22/h1-9,12H,10-11H2. The zero-order chi connectivity index (χ0) is 15.1. The van der Waals surface area contributed by atoms with E-state index in [4.69, 9.17) is 0 Å². The third-order valence-electron chi connectivity index (χ3n) is 4.30. The molecule has 0 unspecified atom stereocenters. The van der Waals surface area contributed by atoms with Gasteiger partial charge in [-0.1, -0.05) is 54.6 Å². The van der Waals surface area contributed by atoms with Crippen LogP contribution in [0, 0.1) is 0 Å². The molecule has 0 saturated carbocycles. The van der Waals surface area contributed by atoms with E-state index in [-0.39, 0.29) is 0 Å². The van der Waals surface area contributed by atoms with Crippen LogP contribution in [0.15, 0.2) is 69.6 Å². The smallest absolute Gasteiger partial charge is 0.0361 e. The van der Waals surface area contributed by atoms with E-state index in [1.54, 1.807) is 0 Å². The molecule has 4 rings (SSSR count). The molecule has 2 heteroatoms. The van der Waals surface area contributed by atoms with Crippen LogP contribution in [0.2, 0.25) is 0 Å². The molecule has 0 atom stereocenters. The van der Waals surface area contributed by atoms with Gasteiger partial charge in [-0.15, -0.1) is 0 Å². The fourth-order valence-electron chi connectivity index (χ4n) is 3.20. The van der Waals surface area contributed by atoms with E-state index in [1.165, 1.54) is 42.3 Å². The molecule has 0 radical (unpaired) electrons. The normalized spacial score (nSPS) is 12.1. The topological polar surface area (TPSA) is 0 Å². The van der Waals surface area contributed by atoms with Crippen molar-refractivity contribution in [2.75, 3.05) is 0 Å². The Kier molecular flexibility index (Phi) is 3.67. The summed E-state index contributed by atoms with van der Waals surface area (Å²) in [6.07, 6.45) is 1.95. The van der Waals surface area contributed by atoms with Gasteiger partial charge in [-0.2, -0.15) is 0 Å². The summed E-state index contributed by atoms with van der Waals surface area (Å²) in [6.45, 7) is 0. The van der Waals surface area contributed by atoms with Gasteiger partial charge in [-0.25, -0.2) is 0 Å². The van der Waals surface area contributed by atoms with Gasteiger partial charge in [0.2, 0.25) is 0 Å². The van der Waals surface area contributed by atoms with Crippen LogP contribution >= 0.6 is 31.9 Å². The monoisotopic (exact) mass is 412 g/mol. The number of benzene rings is 3. The molecule has 0 spiro atoms. The minimum absolute atomic E-state index is 0.940. The van der Waals surface area contributed by atoms with E-state index >= 15 is 0 Å². The lowest BCUT2D eigenvalue weighted by molar-refractivity contribution is 1.15. The van der Waals surface area contributed by atoms with Gasteiger partial charge in [-0.05, 0) is 84.1 Å². The van der Waals surface area contributed by atoms with Gasteiger partial charge in [0.15, 0.2) is 0 Å². The molecule has 1 aliphatic rings. The summed E-state index contributed by atoms with van der Waals surface area (Å²) >= 11 is 7.60. The molecular formula is C20H14Br2. The number of rotatable bonds is 2. The second-order valence-corrected chi connectivity index (χ2v) is 7.27. The van der Waals surface area contributed by atoms with Crippen LogP contribution in [0.25, 0.3) is 11.1 Å². The Morgan fingerprint density at radius 3 is 2.32 bits per heavy atom. The van der Waals surface area contributed by atoms with E-state index in [0.717, 1.165) is 12.8 Å². The molecule has 22 heavy (non-hydrogen) atoms. The molecule has 0 nitrogen and oxygen atoms in total. The van der Waals surface area contributed by atoms with Crippen LogP contribution in [0.1, 0.15) is 22.3 Å². The Balaban J connectivity index is 1.84. The van der Waals surface area contributed by atoms with Crippen molar-refractivity contribution in [3.8, 4) is 11.1 Å². The molecule has 0 heterocycles. The lowest BCUT2D eigenvalue weighted by Crippen LogP contribution is -1.94. The molecular weight excluding hydrogens is 400 g/mol. The SMILES string of the molecule is Brc1c(Cc2ccccc2)cc2c(c1Br)Cc1ccccc1-2. The highest BCUT2D eigenvalue weighted by atomic mass is 79.9. The first-order valence-electron chi connectivity index (χ1n) is 7.36. The third-order valence-corrected chi connectivity index (χ3v) is 6.61. The third kappa shape index (κ3) is 2.35. The highest BCUT2D eigenvalue weighted by Crippen LogP contribution is 2.44. The van der Waals surface area contributed by atoms with Crippen LogP contribution in [-0.4, -0.2) is 0 Å². The summed E-state index contributed by atoms with van der Waals surface area (Å²) < 4.78 is 2.38. The van der Waals surface area contributed by atoms with Crippen LogP contribution in [-0.2, 0) is 12.8 Å². The van der Waals surface area contributed by atoms with Crippen LogP contribution in [0.5, 0.6) is 0 Å². The van der Waals surface area contributed by atoms with E-state index in [0.29, 0.717) is 0 Å². The molecule has 108 valence electrons. The molecule has 3 aromatic carbocycles. The number of fused-ring (bicyclic) bond motifs is 3. The Hall–Kier alpha value is -1.38. The van der Waals surface area contributed by atoms with E-state index < -0.39 is 0 Å². The summed E-state index contributed by atoms with van der Waals surface area (Å²) in [5, 5.41) is 0. The predicted octanol–water partition coefficient (Wildman–Crippen LogP) is 6.37. The van der Waals surface area contributed by atoms with Gasteiger partial charge >= 0.3 is 0 Å². The minimum atomic E-state index is 0.940. The van der Waals surface area contributed by atoms with E-state index in [1.807, 2.05) is 0 Å². The summed E-state index contributed by atoms with van der Waals surface area (Å²) in [7, 11) is 0. The van der Waals surface area contributed by atoms with Crippen molar-refractivity contribution in [1.29, 1.82) is 0 Å². The zero-order valence-corrected chi connectivity index (χ0v) is 15.1. The molecule has 0 saturated heterocycles. The van der Waals surface area contributed by atoms with Crippen LogP contribution < -0.4 is 0 Å². The average Bonchev–Trinajstić information content (AvgIpc) is 2.92. The Morgan fingerprint density at radius 2 is 1.50 bits per heavy atom. The second-order valence-electron chi connectivity index (χ2n) is 5.69. The summed E-state index contributed by atoms with van der Waals surface area (Å²) in [5.74, 6) is 0. The molecule has 0 fully saturated rings. The lowest BCUT2D eigenvalue weighted by Gasteiger charge is -2.12. The van der Waals surface area contributed by atoms with E-state index in [2.05, 4.69) is 92.5 Å². The van der Waals surface area contributed by atoms with Gasteiger partial charge in [0.05, 0.1) is 0 Å². The first-order valence-corrected chi connectivity index (χ1v) is 8.94. The maximum absolute atomic E-state index is 3.81. The highest BCUT2D eigenvalue weighted by Gasteiger charge is 2.23. The van der Waals surface area contributed by atoms with Crippen molar-refractivity contribution < 1.29 is 0 Å². The van der Waals surface area contributed by atoms with Crippen LogP contribution in [0.4, 0.5) is 0 Å². The molecule has 0 bridgehead atoms. The summed E-state index contributed by atoms with van der Waals surface area (Å²) in [5.41, 5.74) is 8.22. The highest BCUT2D eigenvalue weighted by molar-refractivity contribution is 9.13. The van der Waals surface area contributed by atoms with Gasteiger partial charge in [-0.3, -0.25) is 0 Å². The summed E-state index contributed by atoms with van der Waals surface area (Å²) in [6, 6.07) is 21.7. The fraction of sp³-hybridized carbons (Fsp3) is 0.100. The van der Waals surface area contributed by atoms with Crippen molar-refractivity contribution >= 4 is 31.9 Å². The summed E-state index contributed by atoms with van der Waals surface area (Å²) in [4.78, 5) is 0. The van der Waals surface area contributed by atoms with Gasteiger partial charge in [0, 0.05) is 8.95 Å². The fourth-order valence-corrected chi connectivity index (χ4v) is 4.30. The molecule has 0 N–H and O–H groups in total. The quantitative estimate of drug-likeness (QED) is 0.358. The van der Waals surface area contributed by atoms with Crippen LogP contribution in [0.3, 0.4) is 0 Å². The maximum atomic E-state index is 3.81. The Bertz CT molecular complexity index is 851. The van der Waals surface area contributed by atoms with E-state index in [9.17, 15) is 0 Å². The van der Waals surface area contributed by atoms with Crippen molar-refractivity contribution in [3.63, 3.8) is 0 Å². The van der Waals surface area contributed by atoms with Gasteiger partial charge < -0.3 is 0 Å². The molecule has 0 aromatic heterocycles. The Morgan fingerprint density at radius 1 is 0.773 bits per heavy atom. The number of halogens is 2. The largest absolute Gasteiger partial charge is 0.0622 e. The molecule has 0 aliphatic heterocycles. The molecule has 3 aromatic rings. The van der Waals surface area contributed by atoms with Gasteiger partial charge in [0.25, 0.3) is 0 Å². The number of hydrogen-bond donors (Lipinski definition) is 0. The average molecular weight is 414 g/mol. The van der Waals surface area contributed by atoms with Crippen molar-refractivity contribution in [1.82, 2.24) is 0 Å².